The Bertz CT molecular complexity index is 502. The Morgan fingerprint density at radius 1 is 1.33 bits per heavy atom. The molecule has 2 rings (SSSR count). The van der Waals surface area contributed by atoms with E-state index in [4.69, 9.17) is 10.8 Å². The number of amides is 1. The SMILES string of the molecule is C[C@H](NC(=O)[C@@H](N)CC(=O)O)[C@@H](O)C[C@@H]1C(C)(C)[C@@H]2CC[C@@]1(C)C2. The molecule has 0 saturated heterocycles. The molecule has 0 unspecified atom stereocenters. The van der Waals surface area contributed by atoms with Crippen molar-refractivity contribution in [1.82, 2.24) is 5.32 Å². The van der Waals surface area contributed by atoms with Crippen molar-refractivity contribution in [2.75, 3.05) is 0 Å². The number of rotatable bonds is 7. The number of carbonyl (C=O) groups excluding carboxylic acids is 1. The highest BCUT2D eigenvalue weighted by atomic mass is 16.4. The number of carboxylic acid groups (broad SMARTS) is 1. The van der Waals surface area contributed by atoms with Gasteiger partial charge in [0.2, 0.25) is 5.91 Å². The molecule has 2 aliphatic rings. The van der Waals surface area contributed by atoms with Gasteiger partial charge in [0.25, 0.3) is 0 Å². The number of aliphatic hydroxyl groups excluding tert-OH is 1. The first-order valence-electron chi connectivity index (χ1n) is 8.93. The van der Waals surface area contributed by atoms with Crippen molar-refractivity contribution in [3.8, 4) is 0 Å². The van der Waals surface area contributed by atoms with Gasteiger partial charge in [0.15, 0.2) is 0 Å². The van der Waals surface area contributed by atoms with E-state index < -0.39 is 36.5 Å². The van der Waals surface area contributed by atoms with Gasteiger partial charge in [-0.15, -0.1) is 0 Å². The van der Waals surface area contributed by atoms with E-state index in [2.05, 4.69) is 26.1 Å². The first-order chi connectivity index (χ1) is 11.0. The summed E-state index contributed by atoms with van der Waals surface area (Å²) in [5.41, 5.74) is 6.05. The number of aliphatic hydroxyl groups is 1. The highest BCUT2D eigenvalue weighted by molar-refractivity contribution is 5.86. The summed E-state index contributed by atoms with van der Waals surface area (Å²) in [4.78, 5) is 22.6. The molecule has 2 aliphatic carbocycles. The topological polar surface area (TPSA) is 113 Å². The summed E-state index contributed by atoms with van der Waals surface area (Å²) in [6, 6.07) is -1.54. The van der Waals surface area contributed by atoms with Crippen LogP contribution in [-0.2, 0) is 9.59 Å². The summed E-state index contributed by atoms with van der Waals surface area (Å²) in [6.07, 6.45) is 3.28. The van der Waals surface area contributed by atoms with Gasteiger partial charge in [-0.25, -0.2) is 0 Å². The molecule has 0 radical (unpaired) electrons. The van der Waals surface area contributed by atoms with E-state index in [0.29, 0.717) is 18.3 Å². The molecule has 0 aromatic rings. The number of hydrogen-bond donors (Lipinski definition) is 4. The van der Waals surface area contributed by atoms with Crippen LogP contribution in [0.5, 0.6) is 0 Å². The molecular formula is C18H32N2O4. The molecule has 0 aliphatic heterocycles. The third kappa shape index (κ3) is 3.59. The number of fused-ring (bicyclic) bond motifs is 2. The van der Waals surface area contributed by atoms with Crippen LogP contribution in [0.4, 0.5) is 0 Å². The molecule has 2 bridgehead atoms. The van der Waals surface area contributed by atoms with Gasteiger partial charge in [-0.05, 0) is 55.3 Å². The van der Waals surface area contributed by atoms with E-state index in [1.165, 1.54) is 19.3 Å². The number of nitrogens with two attached hydrogens (primary N) is 1. The molecule has 0 aromatic heterocycles. The maximum atomic E-state index is 11.9. The van der Waals surface area contributed by atoms with Gasteiger partial charge in [0, 0.05) is 0 Å². The third-order valence-corrected chi connectivity index (χ3v) is 6.72. The minimum Gasteiger partial charge on any atom is -0.481 e. The summed E-state index contributed by atoms with van der Waals surface area (Å²) in [5.74, 6) is -0.496. The molecular weight excluding hydrogens is 308 g/mol. The number of carboxylic acids is 1. The van der Waals surface area contributed by atoms with Gasteiger partial charge in [-0.3, -0.25) is 9.59 Å². The second-order valence-electron chi connectivity index (χ2n) is 8.77. The Hall–Kier alpha value is -1.14. The van der Waals surface area contributed by atoms with Crippen molar-refractivity contribution in [3.63, 3.8) is 0 Å². The van der Waals surface area contributed by atoms with Crippen LogP contribution in [0.3, 0.4) is 0 Å². The van der Waals surface area contributed by atoms with Gasteiger partial charge in [0.05, 0.1) is 24.6 Å². The van der Waals surface area contributed by atoms with Crippen LogP contribution >= 0.6 is 0 Å². The van der Waals surface area contributed by atoms with Crippen molar-refractivity contribution in [2.24, 2.45) is 28.4 Å². The molecule has 0 heterocycles. The fourth-order valence-corrected chi connectivity index (χ4v) is 5.15. The summed E-state index contributed by atoms with van der Waals surface area (Å²) in [5, 5.41) is 22.0. The quantitative estimate of drug-likeness (QED) is 0.561. The van der Waals surface area contributed by atoms with Crippen molar-refractivity contribution < 1.29 is 19.8 Å². The lowest BCUT2D eigenvalue weighted by Gasteiger charge is -2.44. The molecule has 0 aromatic carbocycles. The predicted molar refractivity (Wildman–Crippen MR) is 91.2 cm³/mol. The van der Waals surface area contributed by atoms with Crippen molar-refractivity contribution in [1.29, 1.82) is 0 Å². The zero-order valence-corrected chi connectivity index (χ0v) is 15.2. The van der Waals surface area contributed by atoms with Gasteiger partial charge in [0.1, 0.15) is 0 Å². The lowest BCUT2D eigenvalue weighted by atomic mass is 9.62. The molecule has 138 valence electrons. The average Bonchev–Trinajstić information content (AvgIpc) is 2.93. The molecule has 6 heteroatoms. The van der Waals surface area contributed by atoms with Crippen molar-refractivity contribution >= 4 is 11.9 Å². The molecule has 2 fully saturated rings. The number of carbonyl (C=O) groups is 2. The highest BCUT2D eigenvalue weighted by Crippen LogP contribution is 2.67. The Morgan fingerprint density at radius 2 is 1.96 bits per heavy atom. The number of nitrogens with one attached hydrogen (secondary N) is 1. The molecule has 6 atom stereocenters. The van der Waals surface area contributed by atoms with E-state index >= 15 is 0 Å². The highest BCUT2D eigenvalue weighted by Gasteiger charge is 2.59. The molecule has 24 heavy (non-hydrogen) atoms. The first kappa shape index (κ1) is 19.2. The summed E-state index contributed by atoms with van der Waals surface area (Å²) >= 11 is 0. The first-order valence-corrected chi connectivity index (χ1v) is 8.93. The zero-order valence-electron chi connectivity index (χ0n) is 15.2. The Balaban J connectivity index is 1.93. The monoisotopic (exact) mass is 340 g/mol. The van der Waals surface area contributed by atoms with Gasteiger partial charge in [-0.2, -0.15) is 0 Å². The Labute approximate surface area is 144 Å². The van der Waals surface area contributed by atoms with E-state index in [1.54, 1.807) is 6.92 Å². The Morgan fingerprint density at radius 3 is 2.46 bits per heavy atom. The normalized spacial score (nSPS) is 34.6. The van der Waals surface area contributed by atoms with Crippen LogP contribution in [0.2, 0.25) is 0 Å². The maximum Gasteiger partial charge on any atom is 0.305 e. The van der Waals surface area contributed by atoms with Crippen molar-refractivity contribution in [3.05, 3.63) is 0 Å². The lowest BCUT2D eigenvalue weighted by molar-refractivity contribution is -0.139. The summed E-state index contributed by atoms with van der Waals surface area (Å²) in [7, 11) is 0. The standard InChI is InChI=1S/C18H32N2O4/c1-10(20-16(24)12(19)7-15(22)23)13(21)8-14-17(2,3)11-5-6-18(14,4)9-11/h10-14,21H,5-9,19H2,1-4H3,(H,20,24)(H,22,23)/t10-,11+,12-,13-,14+,18-/m0/s1. The van der Waals surface area contributed by atoms with E-state index in [0.717, 1.165) is 0 Å². The van der Waals surface area contributed by atoms with Crippen LogP contribution in [-0.4, -0.2) is 40.3 Å². The molecule has 1 amide bonds. The van der Waals surface area contributed by atoms with Crippen molar-refractivity contribution in [2.45, 2.75) is 78.0 Å². The fourth-order valence-electron chi connectivity index (χ4n) is 5.15. The second-order valence-corrected chi connectivity index (χ2v) is 8.77. The minimum atomic E-state index is -1.11. The molecule has 0 spiro atoms. The third-order valence-electron chi connectivity index (χ3n) is 6.72. The van der Waals surface area contributed by atoms with E-state index in [-0.39, 0.29) is 10.8 Å². The molecule has 6 nitrogen and oxygen atoms in total. The fraction of sp³-hybridized carbons (Fsp3) is 0.889. The smallest absolute Gasteiger partial charge is 0.305 e. The second kappa shape index (κ2) is 6.64. The lowest BCUT2D eigenvalue weighted by Crippen LogP contribution is -2.50. The molecule has 5 N–H and O–H groups in total. The van der Waals surface area contributed by atoms with Gasteiger partial charge >= 0.3 is 5.97 Å². The number of aliphatic carboxylic acids is 1. The van der Waals surface area contributed by atoms with E-state index in [1.807, 2.05) is 0 Å². The van der Waals surface area contributed by atoms with Crippen LogP contribution in [0.1, 0.15) is 59.8 Å². The van der Waals surface area contributed by atoms with E-state index in [9.17, 15) is 14.7 Å². The van der Waals surface area contributed by atoms with Gasteiger partial charge in [-0.1, -0.05) is 20.8 Å². The maximum absolute atomic E-state index is 11.9. The van der Waals surface area contributed by atoms with Crippen LogP contribution in [0.15, 0.2) is 0 Å². The van der Waals surface area contributed by atoms with Crippen LogP contribution in [0.25, 0.3) is 0 Å². The zero-order chi connectivity index (χ0) is 18.3. The Kier molecular flexibility index (Phi) is 5.31. The average molecular weight is 340 g/mol. The summed E-state index contributed by atoms with van der Waals surface area (Å²) < 4.78 is 0. The van der Waals surface area contributed by atoms with Crippen LogP contribution in [0, 0.1) is 22.7 Å². The largest absolute Gasteiger partial charge is 0.481 e. The minimum absolute atomic E-state index is 0.206. The van der Waals surface area contributed by atoms with Crippen LogP contribution < -0.4 is 11.1 Å². The predicted octanol–water partition coefficient (Wildman–Crippen LogP) is 1.51. The summed E-state index contributed by atoms with van der Waals surface area (Å²) in [6.45, 7) is 8.67. The molecule has 2 saturated carbocycles. The van der Waals surface area contributed by atoms with Gasteiger partial charge < -0.3 is 21.3 Å². The number of hydrogen-bond acceptors (Lipinski definition) is 4.